The molecular weight excluding hydrogens is 196 g/mol. The molecule has 2 N–H and O–H groups in total. The molecule has 0 saturated heterocycles. The molecule has 0 aliphatic carbocycles. The summed E-state index contributed by atoms with van der Waals surface area (Å²) in [5.41, 5.74) is 0.658. The maximum absolute atomic E-state index is 10.9. The standard InChI is InChI=1S/C11H10O4/c12-4-3-7-1-2-10-8(5-7)9(13)6-11(14)15-10/h1-2,5-6,12-13H,3-4H2. The third-order valence-corrected chi connectivity index (χ3v) is 2.19. The highest BCUT2D eigenvalue weighted by Gasteiger charge is 2.04. The van der Waals surface area contributed by atoms with Crippen molar-refractivity contribution in [2.45, 2.75) is 6.42 Å². The molecule has 0 bridgehead atoms. The van der Waals surface area contributed by atoms with E-state index in [0.717, 1.165) is 11.6 Å². The van der Waals surface area contributed by atoms with E-state index in [-0.39, 0.29) is 12.4 Å². The SMILES string of the molecule is O=c1cc(O)c2cc(CCO)ccc2o1. The van der Waals surface area contributed by atoms with Gasteiger partial charge in [-0.3, -0.25) is 0 Å². The van der Waals surface area contributed by atoms with Crippen molar-refractivity contribution in [3.8, 4) is 5.75 Å². The van der Waals surface area contributed by atoms with Crippen molar-refractivity contribution < 1.29 is 14.6 Å². The topological polar surface area (TPSA) is 70.7 Å². The first kappa shape index (κ1) is 9.73. The molecule has 0 radical (unpaired) electrons. The molecule has 0 saturated carbocycles. The van der Waals surface area contributed by atoms with Gasteiger partial charge in [-0.25, -0.2) is 4.79 Å². The maximum Gasteiger partial charge on any atom is 0.339 e. The number of fused-ring (bicyclic) bond motifs is 1. The van der Waals surface area contributed by atoms with E-state index in [9.17, 15) is 9.90 Å². The minimum Gasteiger partial charge on any atom is -0.507 e. The normalized spacial score (nSPS) is 10.7. The van der Waals surface area contributed by atoms with Gasteiger partial charge in [0.15, 0.2) is 0 Å². The molecule has 0 spiro atoms. The van der Waals surface area contributed by atoms with Crippen LogP contribution in [0.3, 0.4) is 0 Å². The Morgan fingerprint density at radius 2 is 2.07 bits per heavy atom. The molecular formula is C11H10O4. The van der Waals surface area contributed by atoms with E-state index >= 15 is 0 Å². The number of rotatable bonds is 2. The fourth-order valence-corrected chi connectivity index (χ4v) is 1.48. The molecule has 1 aromatic heterocycles. The minimum atomic E-state index is -0.574. The van der Waals surface area contributed by atoms with Crippen molar-refractivity contribution in [3.63, 3.8) is 0 Å². The molecule has 0 fully saturated rings. The van der Waals surface area contributed by atoms with E-state index in [2.05, 4.69) is 0 Å². The number of hydrogen-bond donors (Lipinski definition) is 2. The summed E-state index contributed by atoms with van der Waals surface area (Å²) in [6.07, 6.45) is 0.508. The molecule has 0 unspecified atom stereocenters. The third kappa shape index (κ3) is 1.85. The Morgan fingerprint density at radius 1 is 1.27 bits per heavy atom. The Bertz CT molecular complexity index is 542. The van der Waals surface area contributed by atoms with Gasteiger partial charge in [0.2, 0.25) is 0 Å². The lowest BCUT2D eigenvalue weighted by Gasteiger charge is -2.02. The Balaban J connectivity index is 2.66. The summed E-state index contributed by atoms with van der Waals surface area (Å²) in [6, 6.07) is 6.09. The molecule has 78 valence electrons. The predicted octanol–water partition coefficient (Wildman–Crippen LogP) is 1.03. The summed E-state index contributed by atoms with van der Waals surface area (Å²) in [5.74, 6) is -0.0963. The van der Waals surface area contributed by atoms with Gasteiger partial charge in [-0.05, 0) is 24.1 Å². The van der Waals surface area contributed by atoms with E-state index in [1.807, 2.05) is 0 Å². The van der Waals surface area contributed by atoms with Gasteiger partial charge in [-0.2, -0.15) is 0 Å². The van der Waals surface area contributed by atoms with Gasteiger partial charge < -0.3 is 14.6 Å². The van der Waals surface area contributed by atoms with Crippen molar-refractivity contribution in [1.82, 2.24) is 0 Å². The highest BCUT2D eigenvalue weighted by Crippen LogP contribution is 2.23. The van der Waals surface area contributed by atoms with Crippen LogP contribution in [0.4, 0.5) is 0 Å². The monoisotopic (exact) mass is 206 g/mol. The summed E-state index contributed by atoms with van der Waals surface area (Å²) in [5, 5.41) is 18.8. The fraction of sp³-hybridized carbons (Fsp3) is 0.182. The molecule has 0 amide bonds. The summed E-state index contributed by atoms with van der Waals surface area (Å²) < 4.78 is 4.90. The van der Waals surface area contributed by atoms with Gasteiger partial charge in [0.05, 0.1) is 11.5 Å². The third-order valence-electron chi connectivity index (χ3n) is 2.19. The van der Waals surface area contributed by atoms with Crippen LogP contribution in [0.2, 0.25) is 0 Å². The van der Waals surface area contributed by atoms with Crippen LogP contribution in [-0.2, 0) is 6.42 Å². The van der Waals surface area contributed by atoms with Crippen molar-refractivity contribution in [2.75, 3.05) is 6.61 Å². The molecule has 1 heterocycles. The van der Waals surface area contributed by atoms with Crippen LogP contribution in [0.5, 0.6) is 5.75 Å². The lowest BCUT2D eigenvalue weighted by atomic mass is 10.1. The Hall–Kier alpha value is -1.81. The van der Waals surface area contributed by atoms with E-state index in [0.29, 0.717) is 17.4 Å². The molecule has 1 aromatic carbocycles. The smallest absolute Gasteiger partial charge is 0.339 e. The first-order valence-electron chi connectivity index (χ1n) is 4.57. The highest BCUT2D eigenvalue weighted by atomic mass is 16.4. The first-order chi connectivity index (χ1) is 7.20. The molecule has 0 aliphatic heterocycles. The summed E-state index contributed by atoms with van der Waals surface area (Å²) in [4.78, 5) is 10.9. The number of hydrogen-bond acceptors (Lipinski definition) is 4. The van der Waals surface area contributed by atoms with E-state index in [1.54, 1.807) is 18.2 Å². The molecule has 0 atom stereocenters. The van der Waals surface area contributed by atoms with Gasteiger partial charge in [0, 0.05) is 6.61 Å². The van der Waals surface area contributed by atoms with Crippen LogP contribution in [0.1, 0.15) is 5.56 Å². The van der Waals surface area contributed by atoms with Crippen LogP contribution in [0, 0.1) is 0 Å². The zero-order chi connectivity index (χ0) is 10.8. The van der Waals surface area contributed by atoms with E-state index in [1.165, 1.54) is 0 Å². The first-order valence-corrected chi connectivity index (χ1v) is 4.57. The molecule has 2 aromatic rings. The number of benzene rings is 1. The maximum atomic E-state index is 10.9. The van der Waals surface area contributed by atoms with Crippen molar-refractivity contribution in [1.29, 1.82) is 0 Å². The largest absolute Gasteiger partial charge is 0.507 e. The van der Waals surface area contributed by atoms with Crippen LogP contribution in [0.15, 0.2) is 33.5 Å². The summed E-state index contributed by atoms with van der Waals surface area (Å²) in [7, 11) is 0. The van der Waals surface area contributed by atoms with Crippen LogP contribution >= 0.6 is 0 Å². The lowest BCUT2D eigenvalue weighted by molar-refractivity contribution is 0.299. The van der Waals surface area contributed by atoms with E-state index < -0.39 is 5.63 Å². The Labute approximate surface area is 85.4 Å². The Morgan fingerprint density at radius 3 is 2.80 bits per heavy atom. The second kappa shape index (κ2) is 3.74. The van der Waals surface area contributed by atoms with Crippen LogP contribution in [0.25, 0.3) is 11.0 Å². The average molecular weight is 206 g/mol. The van der Waals surface area contributed by atoms with Gasteiger partial charge in [-0.1, -0.05) is 6.07 Å². The molecule has 0 aliphatic rings. The van der Waals surface area contributed by atoms with Crippen molar-refractivity contribution >= 4 is 11.0 Å². The molecule has 15 heavy (non-hydrogen) atoms. The van der Waals surface area contributed by atoms with Crippen LogP contribution in [-0.4, -0.2) is 16.8 Å². The molecule has 2 rings (SSSR count). The number of aromatic hydroxyl groups is 1. The second-order valence-electron chi connectivity index (χ2n) is 3.25. The second-order valence-corrected chi connectivity index (χ2v) is 3.25. The predicted molar refractivity (Wildman–Crippen MR) is 54.9 cm³/mol. The highest BCUT2D eigenvalue weighted by molar-refractivity contribution is 5.83. The van der Waals surface area contributed by atoms with Gasteiger partial charge in [0.25, 0.3) is 0 Å². The zero-order valence-corrected chi connectivity index (χ0v) is 7.93. The van der Waals surface area contributed by atoms with Gasteiger partial charge >= 0.3 is 5.63 Å². The molecule has 4 nitrogen and oxygen atoms in total. The number of aliphatic hydroxyl groups excluding tert-OH is 1. The van der Waals surface area contributed by atoms with Gasteiger partial charge in [-0.15, -0.1) is 0 Å². The quantitative estimate of drug-likeness (QED) is 0.720. The lowest BCUT2D eigenvalue weighted by Crippen LogP contribution is -1.96. The summed E-state index contributed by atoms with van der Waals surface area (Å²) >= 11 is 0. The molecule has 4 heteroatoms. The van der Waals surface area contributed by atoms with Crippen molar-refractivity contribution in [3.05, 3.63) is 40.2 Å². The average Bonchev–Trinajstić information content (AvgIpc) is 2.19. The van der Waals surface area contributed by atoms with Crippen LogP contribution < -0.4 is 5.63 Å². The minimum absolute atomic E-state index is 0.0447. The summed E-state index contributed by atoms with van der Waals surface area (Å²) in [6.45, 7) is 0.0447. The number of aliphatic hydroxyl groups is 1. The fourth-order valence-electron chi connectivity index (χ4n) is 1.48. The van der Waals surface area contributed by atoms with E-state index in [4.69, 9.17) is 9.52 Å². The Kier molecular flexibility index (Phi) is 2.43. The van der Waals surface area contributed by atoms with Crippen molar-refractivity contribution in [2.24, 2.45) is 0 Å². The zero-order valence-electron chi connectivity index (χ0n) is 7.93. The van der Waals surface area contributed by atoms with Gasteiger partial charge in [0.1, 0.15) is 11.3 Å².